The highest BCUT2D eigenvalue weighted by Gasteiger charge is 2.32. The molecule has 0 N–H and O–H groups in total. The van der Waals surface area contributed by atoms with Crippen LogP contribution >= 0.6 is 11.6 Å². The fourth-order valence-electron chi connectivity index (χ4n) is 1.68. The van der Waals surface area contributed by atoms with Gasteiger partial charge in [0.2, 0.25) is 0 Å². The Hall–Kier alpha value is -0.820. The Morgan fingerprint density at radius 1 is 1.28 bits per heavy atom. The van der Waals surface area contributed by atoms with Gasteiger partial charge in [-0.25, -0.2) is 4.98 Å². The standard InChI is InChI=1S/C10H10ClF3N2OS/c11-8-5-7(10(12,13)14)6-9(15-8)16-1-3-18(17)4-2-16/h5-6H,1-4H2. The Morgan fingerprint density at radius 2 is 1.89 bits per heavy atom. The van der Waals surface area contributed by atoms with Crippen molar-refractivity contribution in [2.24, 2.45) is 0 Å². The van der Waals surface area contributed by atoms with Crippen LogP contribution < -0.4 is 4.90 Å². The number of nitrogens with zero attached hydrogens (tertiary/aromatic N) is 2. The highest BCUT2D eigenvalue weighted by Crippen LogP contribution is 2.32. The van der Waals surface area contributed by atoms with Gasteiger partial charge in [-0.3, -0.25) is 4.21 Å². The molecule has 0 saturated carbocycles. The van der Waals surface area contributed by atoms with Crippen molar-refractivity contribution in [1.82, 2.24) is 4.98 Å². The average Bonchev–Trinajstić information content (AvgIpc) is 2.28. The van der Waals surface area contributed by atoms with Crippen molar-refractivity contribution < 1.29 is 17.4 Å². The van der Waals surface area contributed by atoms with Crippen molar-refractivity contribution in [3.05, 3.63) is 22.8 Å². The molecule has 0 aromatic carbocycles. The van der Waals surface area contributed by atoms with E-state index in [4.69, 9.17) is 11.6 Å². The van der Waals surface area contributed by atoms with E-state index in [-0.39, 0.29) is 11.0 Å². The van der Waals surface area contributed by atoms with Gasteiger partial charge in [0.05, 0.1) is 5.56 Å². The van der Waals surface area contributed by atoms with Gasteiger partial charge >= 0.3 is 6.18 Å². The number of anilines is 1. The van der Waals surface area contributed by atoms with Crippen LogP contribution in [-0.4, -0.2) is 33.8 Å². The number of hydrogen-bond acceptors (Lipinski definition) is 3. The van der Waals surface area contributed by atoms with Gasteiger partial charge in [0.1, 0.15) is 11.0 Å². The largest absolute Gasteiger partial charge is 0.416 e. The lowest BCUT2D eigenvalue weighted by Crippen LogP contribution is -2.38. The van der Waals surface area contributed by atoms with E-state index in [1.807, 2.05) is 0 Å². The van der Waals surface area contributed by atoms with Crippen molar-refractivity contribution in [1.29, 1.82) is 0 Å². The van der Waals surface area contributed by atoms with Crippen molar-refractivity contribution in [3.63, 3.8) is 0 Å². The Morgan fingerprint density at radius 3 is 2.44 bits per heavy atom. The maximum absolute atomic E-state index is 12.6. The van der Waals surface area contributed by atoms with Gasteiger partial charge in [-0.2, -0.15) is 13.2 Å². The third kappa shape index (κ3) is 3.14. The molecular weight excluding hydrogens is 289 g/mol. The van der Waals surface area contributed by atoms with Gasteiger partial charge < -0.3 is 4.90 Å². The molecule has 1 aromatic heterocycles. The minimum atomic E-state index is -4.44. The van der Waals surface area contributed by atoms with Crippen LogP contribution in [0.25, 0.3) is 0 Å². The first kappa shape index (κ1) is 13.6. The highest BCUT2D eigenvalue weighted by molar-refractivity contribution is 7.85. The zero-order chi connectivity index (χ0) is 13.3. The highest BCUT2D eigenvalue weighted by atomic mass is 35.5. The number of pyridine rings is 1. The molecule has 0 unspecified atom stereocenters. The predicted molar refractivity (Wildman–Crippen MR) is 64.3 cm³/mol. The van der Waals surface area contributed by atoms with Crippen LogP contribution in [0.3, 0.4) is 0 Å². The molecule has 0 radical (unpaired) electrons. The van der Waals surface area contributed by atoms with Crippen LogP contribution in [0, 0.1) is 0 Å². The maximum atomic E-state index is 12.6. The second kappa shape index (κ2) is 5.05. The van der Waals surface area contributed by atoms with E-state index in [0.29, 0.717) is 24.6 Å². The van der Waals surface area contributed by atoms with Crippen LogP contribution in [0.5, 0.6) is 0 Å². The molecule has 2 heterocycles. The summed E-state index contributed by atoms with van der Waals surface area (Å²) in [5.41, 5.74) is -0.816. The molecule has 1 aliphatic rings. The molecule has 3 nitrogen and oxygen atoms in total. The van der Waals surface area contributed by atoms with Gasteiger partial charge in [-0.05, 0) is 12.1 Å². The summed E-state index contributed by atoms with van der Waals surface area (Å²) < 4.78 is 49.1. The van der Waals surface area contributed by atoms with E-state index >= 15 is 0 Å². The molecule has 0 aliphatic carbocycles. The van der Waals surface area contributed by atoms with Crippen LogP contribution in [-0.2, 0) is 17.0 Å². The summed E-state index contributed by atoms with van der Waals surface area (Å²) in [6.07, 6.45) is -4.44. The number of alkyl halides is 3. The van der Waals surface area contributed by atoms with Gasteiger partial charge in [-0.15, -0.1) is 0 Å². The molecule has 0 spiro atoms. The van der Waals surface area contributed by atoms with E-state index in [0.717, 1.165) is 12.1 Å². The minimum absolute atomic E-state index is 0.187. The molecule has 1 aromatic rings. The molecule has 1 aliphatic heterocycles. The fourth-order valence-corrected chi connectivity index (χ4v) is 2.93. The smallest absolute Gasteiger partial charge is 0.355 e. The van der Waals surface area contributed by atoms with Crippen molar-refractivity contribution >= 4 is 28.2 Å². The van der Waals surface area contributed by atoms with Crippen LogP contribution in [0.15, 0.2) is 12.1 Å². The summed E-state index contributed by atoms with van der Waals surface area (Å²) in [6.45, 7) is 0.856. The monoisotopic (exact) mass is 298 g/mol. The first-order valence-corrected chi connectivity index (χ1v) is 7.07. The summed E-state index contributed by atoms with van der Waals surface area (Å²) >= 11 is 5.61. The summed E-state index contributed by atoms with van der Waals surface area (Å²) in [7, 11) is -0.887. The van der Waals surface area contributed by atoms with Crippen molar-refractivity contribution in [2.45, 2.75) is 6.18 Å². The Kier molecular flexibility index (Phi) is 3.82. The van der Waals surface area contributed by atoms with E-state index in [9.17, 15) is 17.4 Å². The van der Waals surface area contributed by atoms with Gasteiger partial charge in [0, 0.05) is 35.4 Å². The molecule has 1 saturated heterocycles. The average molecular weight is 299 g/mol. The Balaban J connectivity index is 2.28. The molecule has 0 amide bonds. The Labute approximate surface area is 109 Å². The fraction of sp³-hybridized carbons (Fsp3) is 0.500. The summed E-state index contributed by atoms with van der Waals surface area (Å²) in [5.74, 6) is 1.07. The lowest BCUT2D eigenvalue weighted by atomic mass is 10.2. The molecule has 0 atom stereocenters. The third-order valence-electron chi connectivity index (χ3n) is 2.61. The maximum Gasteiger partial charge on any atom is 0.416 e. The van der Waals surface area contributed by atoms with Gasteiger partial charge in [0.25, 0.3) is 0 Å². The SMILES string of the molecule is O=S1CCN(c2cc(C(F)(F)F)cc(Cl)n2)CC1. The molecule has 18 heavy (non-hydrogen) atoms. The lowest BCUT2D eigenvalue weighted by molar-refractivity contribution is -0.137. The van der Waals surface area contributed by atoms with E-state index in [1.165, 1.54) is 0 Å². The second-order valence-electron chi connectivity index (χ2n) is 3.87. The second-order valence-corrected chi connectivity index (χ2v) is 5.95. The third-order valence-corrected chi connectivity index (χ3v) is 4.08. The molecular formula is C10H10ClF3N2OS. The predicted octanol–water partition coefficient (Wildman–Crippen LogP) is 2.32. The molecule has 0 bridgehead atoms. The first-order chi connectivity index (χ1) is 8.36. The summed E-state index contributed by atoms with van der Waals surface area (Å²) in [4.78, 5) is 5.56. The van der Waals surface area contributed by atoms with Crippen molar-refractivity contribution in [3.8, 4) is 0 Å². The zero-order valence-corrected chi connectivity index (χ0v) is 10.8. The van der Waals surface area contributed by atoms with Gasteiger partial charge in [-0.1, -0.05) is 11.6 Å². The number of hydrogen-bond donors (Lipinski definition) is 0. The quantitative estimate of drug-likeness (QED) is 0.746. The summed E-state index contributed by atoms with van der Waals surface area (Å²) in [5, 5.41) is -0.188. The lowest BCUT2D eigenvalue weighted by Gasteiger charge is -2.27. The normalized spacial score (nSPS) is 18.1. The van der Waals surface area contributed by atoms with E-state index in [2.05, 4.69) is 4.98 Å². The molecule has 1 fully saturated rings. The van der Waals surface area contributed by atoms with E-state index in [1.54, 1.807) is 4.90 Å². The Bertz CT molecular complexity index is 471. The number of halogens is 4. The van der Waals surface area contributed by atoms with E-state index < -0.39 is 22.5 Å². The minimum Gasteiger partial charge on any atom is -0.355 e. The number of rotatable bonds is 1. The number of aromatic nitrogens is 1. The van der Waals surface area contributed by atoms with Crippen LogP contribution in [0.2, 0.25) is 5.15 Å². The molecule has 2 rings (SSSR count). The van der Waals surface area contributed by atoms with Crippen LogP contribution in [0.4, 0.5) is 19.0 Å². The molecule has 100 valence electrons. The topological polar surface area (TPSA) is 33.2 Å². The van der Waals surface area contributed by atoms with Crippen molar-refractivity contribution in [2.75, 3.05) is 29.5 Å². The summed E-state index contributed by atoms with van der Waals surface area (Å²) in [6, 6.07) is 1.77. The van der Waals surface area contributed by atoms with Gasteiger partial charge in [0.15, 0.2) is 0 Å². The van der Waals surface area contributed by atoms with Crippen LogP contribution in [0.1, 0.15) is 5.56 Å². The zero-order valence-electron chi connectivity index (χ0n) is 9.21. The first-order valence-electron chi connectivity index (χ1n) is 5.21. The molecule has 8 heteroatoms.